The predicted molar refractivity (Wildman–Crippen MR) is 50.8 cm³/mol. The van der Waals surface area contributed by atoms with Gasteiger partial charge in [0.2, 0.25) is 5.95 Å². The first-order valence-electron chi connectivity index (χ1n) is 4.38. The van der Waals surface area contributed by atoms with Gasteiger partial charge in [-0.05, 0) is 12.1 Å². The van der Waals surface area contributed by atoms with Gasteiger partial charge in [0, 0.05) is 26.3 Å². The highest BCUT2D eigenvalue weighted by Gasteiger charge is 2.20. The van der Waals surface area contributed by atoms with E-state index in [0.717, 1.165) is 30.2 Å². The van der Waals surface area contributed by atoms with Crippen LogP contribution in [0, 0.1) is 0 Å². The molecule has 0 spiro atoms. The minimum absolute atomic E-state index is 0.990. The average molecular weight is 174 g/mol. The lowest BCUT2D eigenvalue weighted by atomic mass is 10.4. The van der Waals surface area contributed by atoms with Crippen molar-refractivity contribution >= 4 is 17.1 Å². The van der Waals surface area contributed by atoms with Gasteiger partial charge in [-0.3, -0.25) is 4.57 Å². The molecule has 0 saturated heterocycles. The van der Waals surface area contributed by atoms with E-state index in [1.165, 1.54) is 0 Å². The standard InChI is InChI=1S/C9H10N4/c1-12-5-6-13-8-7(11-9(12)13)3-2-4-10-8/h2-4H,5-6H2,1H3. The van der Waals surface area contributed by atoms with Crippen LogP contribution in [0.4, 0.5) is 5.95 Å². The van der Waals surface area contributed by atoms with E-state index in [9.17, 15) is 0 Å². The van der Waals surface area contributed by atoms with Crippen LogP contribution in [0.15, 0.2) is 18.3 Å². The topological polar surface area (TPSA) is 34.0 Å². The van der Waals surface area contributed by atoms with Gasteiger partial charge in [-0.15, -0.1) is 0 Å². The molecule has 0 unspecified atom stereocenters. The first-order valence-corrected chi connectivity index (χ1v) is 4.38. The third-order valence-electron chi connectivity index (χ3n) is 2.48. The zero-order valence-corrected chi connectivity index (χ0v) is 7.44. The number of hydrogen-bond acceptors (Lipinski definition) is 3. The maximum Gasteiger partial charge on any atom is 0.207 e. The Bertz CT molecular complexity index is 460. The molecule has 13 heavy (non-hydrogen) atoms. The first kappa shape index (κ1) is 6.88. The Kier molecular flexibility index (Phi) is 1.17. The fourth-order valence-corrected chi connectivity index (χ4v) is 1.79. The average Bonchev–Trinajstić information content (AvgIpc) is 2.67. The molecule has 0 atom stereocenters. The molecule has 2 aromatic heterocycles. The monoisotopic (exact) mass is 174 g/mol. The Hall–Kier alpha value is -1.58. The summed E-state index contributed by atoms with van der Waals surface area (Å²) in [5, 5.41) is 0. The summed E-state index contributed by atoms with van der Waals surface area (Å²) in [7, 11) is 2.06. The fourth-order valence-electron chi connectivity index (χ4n) is 1.79. The summed E-state index contributed by atoms with van der Waals surface area (Å²) >= 11 is 0. The number of aromatic nitrogens is 3. The summed E-state index contributed by atoms with van der Waals surface area (Å²) in [6.07, 6.45) is 1.82. The van der Waals surface area contributed by atoms with Crippen LogP contribution in [0.5, 0.6) is 0 Å². The molecule has 0 aliphatic carbocycles. The van der Waals surface area contributed by atoms with Gasteiger partial charge in [0.05, 0.1) is 0 Å². The van der Waals surface area contributed by atoms with E-state index >= 15 is 0 Å². The van der Waals surface area contributed by atoms with Crippen molar-refractivity contribution in [1.82, 2.24) is 14.5 Å². The molecule has 1 aliphatic heterocycles. The fraction of sp³-hybridized carbons (Fsp3) is 0.333. The molecule has 3 heterocycles. The second-order valence-electron chi connectivity index (χ2n) is 3.33. The molecule has 4 nitrogen and oxygen atoms in total. The van der Waals surface area contributed by atoms with Gasteiger partial charge >= 0.3 is 0 Å². The Balaban J connectivity index is 2.38. The number of nitrogens with zero attached hydrogens (tertiary/aromatic N) is 4. The van der Waals surface area contributed by atoms with Crippen LogP contribution in [0.3, 0.4) is 0 Å². The van der Waals surface area contributed by atoms with Gasteiger partial charge in [-0.2, -0.15) is 0 Å². The molecule has 0 amide bonds. The van der Waals surface area contributed by atoms with Gasteiger partial charge in [0.15, 0.2) is 5.65 Å². The lowest BCUT2D eigenvalue weighted by Gasteiger charge is -2.04. The number of rotatable bonds is 0. The summed E-state index contributed by atoms with van der Waals surface area (Å²) < 4.78 is 2.16. The van der Waals surface area contributed by atoms with Crippen LogP contribution in [0.1, 0.15) is 0 Å². The number of pyridine rings is 1. The van der Waals surface area contributed by atoms with E-state index in [1.807, 2.05) is 18.3 Å². The van der Waals surface area contributed by atoms with Crippen molar-refractivity contribution < 1.29 is 0 Å². The van der Waals surface area contributed by atoms with E-state index in [2.05, 4.69) is 26.5 Å². The van der Waals surface area contributed by atoms with E-state index in [-0.39, 0.29) is 0 Å². The highest BCUT2D eigenvalue weighted by molar-refractivity contribution is 5.75. The Labute approximate surface area is 75.8 Å². The molecule has 0 saturated carbocycles. The zero-order valence-electron chi connectivity index (χ0n) is 7.44. The summed E-state index contributed by atoms with van der Waals surface area (Å²) in [5.74, 6) is 1.04. The Morgan fingerprint density at radius 2 is 2.31 bits per heavy atom. The molecular formula is C9H10N4. The molecule has 2 aromatic rings. The SMILES string of the molecule is CN1CCn2c1nc1cccnc12. The highest BCUT2D eigenvalue weighted by Crippen LogP contribution is 2.23. The van der Waals surface area contributed by atoms with Crippen LogP contribution >= 0.6 is 0 Å². The zero-order chi connectivity index (χ0) is 8.84. The van der Waals surface area contributed by atoms with Crippen molar-refractivity contribution in [2.24, 2.45) is 0 Å². The second-order valence-corrected chi connectivity index (χ2v) is 3.33. The molecule has 0 aromatic carbocycles. The van der Waals surface area contributed by atoms with Crippen LogP contribution in [0.25, 0.3) is 11.2 Å². The molecule has 0 radical (unpaired) electrons. The molecule has 0 bridgehead atoms. The summed E-state index contributed by atoms with van der Waals surface area (Å²) in [6, 6.07) is 3.92. The summed E-state index contributed by atoms with van der Waals surface area (Å²) in [4.78, 5) is 11.0. The minimum atomic E-state index is 0.990. The van der Waals surface area contributed by atoms with Crippen molar-refractivity contribution in [3.05, 3.63) is 18.3 Å². The number of imidazole rings is 1. The Morgan fingerprint density at radius 3 is 3.23 bits per heavy atom. The van der Waals surface area contributed by atoms with Crippen LogP contribution in [0.2, 0.25) is 0 Å². The van der Waals surface area contributed by atoms with Gasteiger partial charge < -0.3 is 4.90 Å². The van der Waals surface area contributed by atoms with Crippen LogP contribution in [-0.2, 0) is 6.54 Å². The second kappa shape index (κ2) is 2.22. The number of likely N-dealkylation sites (N-methyl/N-ethyl adjacent to an activating group) is 1. The smallest absolute Gasteiger partial charge is 0.207 e. The number of anilines is 1. The highest BCUT2D eigenvalue weighted by atomic mass is 15.4. The van der Waals surface area contributed by atoms with E-state index < -0.39 is 0 Å². The van der Waals surface area contributed by atoms with Crippen molar-refractivity contribution in [2.75, 3.05) is 18.5 Å². The largest absolute Gasteiger partial charge is 0.343 e. The number of hydrogen-bond donors (Lipinski definition) is 0. The van der Waals surface area contributed by atoms with E-state index in [1.54, 1.807) is 0 Å². The molecule has 0 fully saturated rings. The molecule has 1 aliphatic rings. The van der Waals surface area contributed by atoms with Gasteiger partial charge in [-0.1, -0.05) is 0 Å². The lowest BCUT2D eigenvalue weighted by molar-refractivity contribution is 0.810. The van der Waals surface area contributed by atoms with Crippen molar-refractivity contribution in [3.63, 3.8) is 0 Å². The first-order chi connectivity index (χ1) is 6.36. The summed E-state index contributed by atoms with van der Waals surface area (Å²) in [5.41, 5.74) is 1.99. The van der Waals surface area contributed by atoms with Crippen LogP contribution < -0.4 is 4.90 Å². The third-order valence-corrected chi connectivity index (χ3v) is 2.48. The van der Waals surface area contributed by atoms with Crippen molar-refractivity contribution in [3.8, 4) is 0 Å². The normalized spacial score (nSPS) is 15.3. The van der Waals surface area contributed by atoms with Gasteiger partial charge in [0.1, 0.15) is 5.52 Å². The molecule has 4 heteroatoms. The molecule has 3 rings (SSSR count). The van der Waals surface area contributed by atoms with Crippen molar-refractivity contribution in [2.45, 2.75) is 6.54 Å². The minimum Gasteiger partial charge on any atom is -0.343 e. The van der Waals surface area contributed by atoms with E-state index in [4.69, 9.17) is 0 Å². The quantitative estimate of drug-likeness (QED) is 0.594. The third kappa shape index (κ3) is 0.798. The molecule has 66 valence electrons. The maximum absolute atomic E-state index is 4.50. The predicted octanol–water partition coefficient (Wildman–Crippen LogP) is 0.881. The van der Waals surface area contributed by atoms with Crippen molar-refractivity contribution in [1.29, 1.82) is 0 Å². The molecular weight excluding hydrogens is 164 g/mol. The van der Waals surface area contributed by atoms with E-state index in [0.29, 0.717) is 0 Å². The number of fused-ring (bicyclic) bond motifs is 3. The van der Waals surface area contributed by atoms with Crippen LogP contribution in [-0.4, -0.2) is 28.1 Å². The summed E-state index contributed by atoms with van der Waals surface area (Å²) in [6.45, 7) is 2.04. The maximum atomic E-state index is 4.50. The van der Waals surface area contributed by atoms with Gasteiger partial charge in [0.25, 0.3) is 0 Å². The molecule has 0 N–H and O–H groups in total. The van der Waals surface area contributed by atoms with Gasteiger partial charge in [-0.25, -0.2) is 9.97 Å². The Morgan fingerprint density at radius 1 is 1.38 bits per heavy atom. The lowest BCUT2D eigenvalue weighted by Crippen LogP contribution is -2.13.